The molecule has 1 N–H and O–H groups in total. The van der Waals surface area contributed by atoms with Crippen molar-refractivity contribution in [1.29, 1.82) is 0 Å². The molecule has 5 heteroatoms. The van der Waals surface area contributed by atoms with Gasteiger partial charge in [0.1, 0.15) is 12.2 Å². The molecule has 0 saturated heterocycles. The summed E-state index contributed by atoms with van der Waals surface area (Å²) in [5.74, 6) is 2.26. The summed E-state index contributed by atoms with van der Waals surface area (Å²) >= 11 is 0. The maximum atomic E-state index is 4.40. The Kier molecular flexibility index (Phi) is 5.56. The molecule has 0 fully saturated rings. The van der Waals surface area contributed by atoms with Crippen molar-refractivity contribution in [3.05, 3.63) is 36.2 Å². The zero-order chi connectivity index (χ0) is 15.2. The average Bonchev–Trinajstić information content (AvgIpc) is 3.00. The van der Waals surface area contributed by atoms with E-state index >= 15 is 0 Å². The Morgan fingerprint density at radius 1 is 1.19 bits per heavy atom. The van der Waals surface area contributed by atoms with Crippen molar-refractivity contribution in [3.63, 3.8) is 0 Å². The van der Waals surface area contributed by atoms with E-state index in [0.29, 0.717) is 11.8 Å². The molecule has 2 rings (SSSR count). The minimum absolute atomic E-state index is 0.572. The molecule has 0 aliphatic rings. The molecule has 5 nitrogen and oxygen atoms in total. The zero-order valence-electron chi connectivity index (χ0n) is 13.6. The molecular formula is C16H27N5. The lowest BCUT2D eigenvalue weighted by molar-refractivity contribution is 0.458. The van der Waals surface area contributed by atoms with E-state index in [-0.39, 0.29) is 0 Å². The van der Waals surface area contributed by atoms with Crippen LogP contribution in [0.25, 0.3) is 0 Å². The Bertz CT molecular complexity index is 538. The van der Waals surface area contributed by atoms with Gasteiger partial charge in [-0.1, -0.05) is 27.7 Å². The molecule has 116 valence electrons. The van der Waals surface area contributed by atoms with E-state index in [0.717, 1.165) is 32.0 Å². The molecule has 2 aromatic heterocycles. The van der Waals surface area contributed by atoms with Crippen molar-refractivity contribution in [3.8, 4) is 0 Å². The Labute approximate surface area is 127 Å². The Morgan fingerprint density at radius 2 is 2.00 bits per heavy atom. The van der Waals surface area contributed by atoms with Crippen molar-refractivity contribution in [2.75, 3.05) is 6.54 Å². The molecule has 0 spiro atoms. The van der Waals surface area contributed by atoms with E-state index < -0.39 is 0 Å². The molecular weight excluding hydrogens is 262 g/mol. The van der Waals surface area contributed by atoms with E-state index in [1.54, 1.807) is 6.33 Å². The molecule has 0 atom stereocenters. The van der Waals surface area contributed by atoms with Crippen molar-refractivity contribution >= 4 is 0 Å². The largest absolute Gasteiger partial charge is 0.343 e. The van der Waals surface area contributed by atoms with Gasteiger partial charge in [-0.25, -0.2) is 9.67 Å². The molecule has 0 bridgehead atoms. The zero-order valence-corrected chi connectivity index (χ0v) is 13.6. The predicted molar refractivity (Wildman–Crippen MR) is 84.9 cm³/mol. The second kappa shape index (κ2) is 7.41. The molecule has 2 aromatic rings. The molecule has 21 heavy (non-hydrogen) atoms. The van der Waals surface area contributed by atoms with Gasteiger partial charge >= 0.3 is 0 Å². The predicted octanol–water partition coefficient (Wildman–Crippen LogP) is 2.53. The van der Waals surface area contributed by atoms with Crippen LogP contribution in [0.15, 0.2) is 24.7 Å². The van der Waals surface area contributed by atoms with Gasteiger partial charge in [0.2, 0.25) is 0 Å². The monoisotopic (exact) mass is 289 g/mol. The Morgan fingerprint density at radius 3 is 2.71 bits per heavy atom. The second-order valence-corrected chi connectivity index (χ2v) is 6.40. The van der Waals surface area contributed by atoms with Gasteiger partial charge in [0, 0.05) is 25.0 Å². The van der Waals surface area contributed by atoms with E-state index in [2.05, 4.69) is 66.0 Å². The van der Waals surface area contributed by atoms with Gasteiger partial charge in [-0.3, -0.25) is 0 Å². The third-order valence-corrected chi connectivity index (χ3v) is 3.33. The summed E-state index contributed by atoms with van der Waals surface area (Å²) in [6.45, 7) is 12.5. The number of hydrogen-bond acceptors (Lipinski definition) is 3. The van der Waals surface area contributed by atoms with Gasteiger partial charge in [0.15, 0.2) is 0 Å². The summed E-state index contributed by atoms with van der Waals surface area (Å²) in [7, 11) is 0. The molecule has 2 heterocycles. The number of nitrogens with zero attached hydrogens (tertiary/aromatic N) is 4. The Balaban J connectivity index is 2.00. The summed E-state index contributed by atoms with van der Waals surface area (Å²) in [5, 5.41) is 7.82. The first-order chi connectivity index (χ1) is 10.1. The van der Waals surface area contributed by atoms with Crippen LogP contribution in [0, 0.1) is 11.8 Å². The topological polar surface area (TPSA) is 47.7 Å². The SMILES string of the molecule is CC(C)CNCc1cccn1Cc1ncnn1CC(C)C. The minimum Gasteiger partial charge on any atom is -0.343 e. The van der Waals surface area contributed by atoms with E-state index in [9.17, 15) is 0 Å². The highest BCUT2D eigenvalue weighted by atomic mass is 15.3. The summed E-state index contributed by atoms with van der Waals surface area (Å²) in [6.07, 6.45) is 3.76. The summed E-state index contributed by atoms with van der Waals surface area (Å²) in [6, 6.07) is 4.26. The maximum absolute atomic E-state index is 4.40. The molecule has 0 aliphatic carbocycles. The highest BCUT2D eigenvalue weighted by Crippen LogP contribution is 2.08. The van der Waals surface area contributed by atoms with Crippen LogP contribution in [0.1, 0.15) is 39.2 Å². The van der Waals surface area contributed by atoms with Crippen molar-refractivity contribution in [2.24, 2.45) is 11.8 Å². The van der Waals surface area contributed by atoms with Crippen LogP contribution in [0.2, 0.25) is 0 Å². The first kappa shape index (κ1) is 15.8. The van der Waals surface area contributed by atoms with Gasteiger partial charge in [-0.2, -0.15) is 5.10 Å². The first-order valence-corrected chi connectivity index (χ1v) is 7.77. The van der Waals surface area contributed by atoms with Crippen LogP contribution in [0.3, 0.4) is 0 Å². The fraction of sp³-hybridized carbons (Fsp3) is 0.625. The molecule has 0 aromatic carbocycles. The lowest BCUT2D eigenvalue weighted by atomic mass is 10.2. The van der Waals surface area contributed by atoms with Gasteiger partial charge in [-0.05, 0) is 30.5 Å². The number of aromatic nitrogens is 4. The minimum atomic E-state index is 0.572. The van der Waals surface area contributed by atoms with E-state index in [1.165, 1.54) is 5.69 Å². The lowest BCUT2D eigenvalue weighted by Gasteiger charge is -2.13. The van der Waals surface area contributed by atoms with Crippen LogP contribution >= 0.6 is 0 Å². The number of hydrogen-bond donors (Lipinski definition) is 1. The highest BCUT2D eigenvalue weighted by molar-refractivity contribution is 5.08. The fourth-order valence-corrected chi connectivity index (χ4v) is 2.31. The molecule has 0 aliphatic heterocycles. The summed E-state index contributed by atoms with van der Waals surface area (Å²) in [5.41, 5.74) is 1.29. The third-order valence-electron chi connectivity index (χ3n) is 3.33. The van der Waals surface area contributed by atoms with E-state index in [1.807, 2.05) is 4.68 Å². The second-order valence-electron chi connectivity index (χ2n) is 6.40. The van der Waals surface area contributed by atoms with Crippen molar-refractivity contribution in [1.82, 2.24) is 24.6 Å². The van der Waals surface area contributed by atoms with Crippen LogP contribution in [-0.2, 0) is 19.6 Å². The fourth-order valence-electron chi connectivity index (χ4n) is 2.31. The smallest absolute Gasteiger partial charge is 0.146 e. The van der Waals surface area contributed by atoms with Gasteiger partial charge in [-0.15, -0.1) is 0 Å². The standard InChI is InChI=1S/C16H27N5/c1-13(2)8-17-9-15-6-5-7-20(15)11-16-18-12-19-21(16)10-14(3)4/h5-7,12-14,17H,8-11H2,1-4H3. The van der Waals surface area contributed by atoms with Gasteiger partial charge in [0.25, 0.3) is 0 Å². The summed E-state index contributed by atoms with van der Waals surface area (Å²) < 4.78 is 4.25. The van der Waals surface area contributed by atoms with Crippen LogP contribution < -0.4 is 5.32 Å². The number of nitrogens with one attached hydrogen (secondary N) is 1. The quantitative estimate of drug-likeness (QED) is 0.812. The van der Waals surface area contributed by atoms with Gasteiger partial charge in [0.05, 0.1) is 6.54 Å². The third kappa shape index (κ3) is 4.70. The highest BCUT2D eigenvalue weighted by Gasteiger charge is 2.09. The van der Waals surface area contributed by atoms with Gasteiger partial charge < -0.3 is 9.88 Å². The first-order valence-electron chi connectivity index (χ1n) is 7.77. The number of rotatable bonds is 8. The Hall–Kier alpha value is -1.62. The van der Waals surface area contributed by atoms with E-state index in [4.69, 9.17) is 0 Å². The van der Waals surface area contributed by atoms with Crippen LogP contribution in [0.5, 0.6) is 0 Å². The summed E-state index contributed by atoms with van der Waals surface area (Å²) in [4.78, 5) is 4.40. The molecule has 0 radical (unpaired) electrons. The van der Waals surface area contributed by atoms with Crippen LogP contribution in [-0.4, -0.2) is 25.9 Å². The molecule has 0 saturated carbocycles. The maximum Gasteiger partial charge on any atom is 0.146 e. The molecule has 0 amide bonds. The molecule has 0 unspecified atom stereocenters. The lowest BCUT2D eigenvalue weighted by Crippen LogP contribution is -2.21. The normalized spacial score (nSPS) is 11.7. The average molecular weight is 289 g/mol. The van der Waals surface area contributed by atoms with Crippen molar-refractivity contribution < 1.29 is 0 Å². The van der Waals surface area contributed by atoms with Crippen LogP contribution in [0.4, 0.5) is 0 Å². The van der Waals surface area contributed by atoms with Crippen molar-refractivity contribution in [2.45, 2.75) is 47.3 Å².